The summed E-state index contributed by atoms with van der Waals surface area (Å²) in [6, 6.07) is 0.245. The minimum absolute atomic E-state index is 0.0837. The molecule has 0 aromatic heterocycles. The summed E-state index contributed by atoms with van der Waals surface area (Å²) in [7, 11) is 0. The Morgan fingerprint density at radius 2 is 2.11 bits per heavy atom. The molecule has 4 nitrogen and oxygen atoms in total. The minimum atomic E-state index is -0.259. The van der Waals surface area contributed by atoms with Gasteiger partial charge in [-0.3, -0.25) is 9.69 Å². The standard InChI is InChI=1S/C14H28N2O2/c1-11(2)6-7-12(3)15-14(18)10-16-8-4-5-13(17)9-16/h11-13,17H,4-10H2,1-3H3,(H,15,18)/t12?,13-/m0/s1. The van der Waals surface area contributed by atoms with Crippen molar-refractivity contribution < 1.29 is 9.90 Å². The average Bonchev–Trinajstić information content (AvgIpc) is 2.26. The van der Waals surface area contributed by atoms with E-state index < -0.39 is 0 Å². The van der Waals surface area contributed by atoms with Gasteiger partial charge in [0.25, 0.3) is 0 Å². The van der Waals surface area contributed by atoms with Crippen LogP contribution in [0.1, 0.15) is 46.5 Å². The molecule has 106 valence electrons. The summed E-state index contributed by atoms with van der Waals surface area (Å²) < 4.78 is 0. The number of carbonyl (C=O) groups excluding carboxylic acids is 1. The molecule has 4 heteroatoms. The molecular weight excluding hydrogens is 228 g/mol. The van der Waals surface area contributed by atoms with Crippen LogP contribution in [-0.2, 0) is 4.79 Å². The largest absolute Gasteiger partial charge is 0.392 e. The van der Waals surface area contributed by atoms with Crippen LogP contribution in [-0.4, -0.2) is 47.7 Å². The molecular formula is C14H28N2O2. The van der Waals surface area contributed by atoms with Crippen LogP contribution in [0.25, 0.3) is 0 Å². The molecule has 2 N–H and O–H groups in total. The predicted molar refractivity (Wildman–Crippen MR) is 73.4 cm³/mol. The highest BCUT2D eigenvalue weighted by molar-refractivity contribution is 5.78. The zero-order valence-corrected chi connectivity index (χ0v) is 12.0. The third kappa shape index (κ3) is 6.36. The highest BCUT2D eigenvalue weighted by Crippen LogP contribution is 2.09. The van der Waals surface area contributed by atoms with Gasteiger partial charge in [0.05, 0.1) is 12.6 Å². The van der Waals surface area contributed by atoms with Crippen LogP contribution in [0.3, 0.4) is 0 Å². The number of amides is 1. The maximum atomic E-state index is 11.8. The van der Waals surface area contributed by atoms with Crippen molar-refractivity contribution in [3.63, 3.8) is 0 Å². The molecule has 0 aromatic rings. The predicted octanol–water partition coefficient (Wildman–Crippen LogP) is 1.38. The maximum absolute atomic E-state index is 11.8. The van der Waals surface area contributed by atoms with Gasteiger partial charge in [-0.25, -0.2) is 0 Å². The lowest BCUT2D eigenvalue weighted by atomic mass is 10.0. The van der Waals surface area contributed by atoms with Gasteiger partial charge in [-0.05, 0) is 45.1 Å². The fraction of sp³-hybridized carbons (Fsp3) is 0.929. The number of nitrogens with zero attached hydrogens (tertiary/aromatic N) is 1. The Labute approximate surface area is 111 Å². The first-order valence-electron chi connectivity index (χ1n) is 7.17. The van der Waals surface area contributed by atoms with Crippen molar-refractivity contribution in [2.24, 2.45) is 5.92 Å². The summed E-state index contributed by atoms with van der Waals surface area (Å²) in [5.74, 6) is 0.766. The number of β-amino-alcohol motifs (C(OH)–C–C–N with tert-alkyl or cyclic N) is 1. The van der Waals surface area contributed by atoms with Gasteiger partial charge in [-0.1, -0.05) is 13.8 Å². The van der Waals surface area contributed by atoms with Crippen molar-refractivity contribution >= 4 is 5.91 Å². The monoisotopic (exact) mass is 256 g/mol. The fourth-order valence-electron chi connectivity index (χ4n) is 2.35. The first-order chi connectivity index (χ1) is 8.47. The number of aliphatic hydroxyl groups excluding tert-OH is 1. The molecule has 2 atom stereocenters. The molecule has 0 aliphatic carbocycles. The van der Waals surface area contributed by atoms with E-state index in [1.165, 1.54) is 0 Å². The second-order valence-corrected chi connectivity index (χ2v) is 5.97. The van der Waals surface area contributed by atoms with Crippen LogP contribution in [0.2, 0.25) is 0 Å². The van der Waals surface area contributed by atoms with Crippen molar-refractivity contribution in [1.29, 1.82) is 0 Å². The number of likely N-dealkylation sites (tertiary alicyclic amines) is 1. The molecule has 1 heterocycles. The molecule has 1 amide bonds. The van der Waals surface area contributed by atoms with Gasteiger partial charge in [0.1, 0.15) is 0 Å². The highest BCUT2D eigenvalue weighted by atomic mass is 16.3. The molecule has 0 radical (unpaired) electrons. The van der Waals surface area contributed by atoms with Crippen LogP contribution in [0, 0.1) is 5.92 Å². The molecule has 1 aliphatic rings. The second kappa shape index (κ2) is 7.74. The second-order valence-electron chi connectivity index (χ2n) is 5.97. The van der Waals surface area contributed by atoms with Crippen molar-refractivity contribution in [2.45, 2.75) is 58.6 Å². The smallest absolute Gasteiger partial charge is 0.234 e. The van der Waals surface area contributed by atoms with Gasteiger partial charge < -0.3 is 10.4 Å². The Balaban J connectivity index is 2.19. The Morgan fingerprint density at radius 3 is 2.72 bits per heavy atom. The maximum Gasteiger partial charge on any atom is 0.234 e. The lowest BCUT2D eigenvalue weighted by molar-refractivity contribution is -0.123. The molecule has 1 unspecified atom stereocenters. The summed E-state index contributed by atoms with van der Waals surface area (Å²) in [5, 5.41) is 12.6. The Kier molecular flexibility index (Phi) is 6.65. The number of nitrogens with one attached hydrogen (secondary N) is 1. The summed E-state index contributed by atoms with van der Waals surface area (Å²) in [6.07, 6.45) is 3.76. The SMILES string of the molecule is CC(C)CCC(C)NC(=O)CN1CCC[C@H](O)C1. The number of piperidine rings is 1. The normalized spacial score (nSPS) is 23.1. The zero-order valence-electron chi connectivity index (χ0n) is 12.0. The minimum Gasteiger partial charge on any atom is -0.392 e. The third-order valence-corrected chi connectivity index (χ3v) is 3.43. The number of rotatable bonds is 6. The van der Waals surface area contributed by atoms with Crippen LogP contribution in [0.15, 0.2) is 0 Å². The van der Waals surface area contributed by atoms with Crippen molar-refractivity contribution in [3.05, 3.63) is 0 Å². The molecule has 1 aliphatic heterocycles. The average molecular weight is 256 g/mol. The molecule has 0 saturated carbocycles. The summed E-state index contributed by atoms with van der Waals surface area (Å²) >= 11 is 0. The Morgan fingerprint density at radius 1 is 1.39 bits per heavy atom. The number of hydrogen-bond acceptors (Lipinski definition) is 3. The van der Waals surface area contributed by atoms with Gasteiger partial charge >= 0.3 is 0 Å². The van der Waals surface area contributed by atoms with Crippen molar-refractivity contribution in [1.82, 2.24) is 10.2 Å². The van der Waals surface area contributed by atoms with E-state index in [1.807, 2.05) is 4.90 Å². The first-order valence-corrected chi connectivity index (χ1v) is 7.17. The number of aliphatic hydroxyl groups is 1. The lowest BCUT2D eigenvalue weighted by Crippen LogP contribution is -2.45. The van der Waals surface area contributed by atoms with Crippen LogP contribution in [0.4, 0.5) is 0 Å². The fourth-order valence-corrected chi connectivity index (χ4v) is 2.35. The molecule has 0 spiro atoms. The quantitative estimate of drug-likeness (QED) is 0.755. The van der Waals surface area contributed by atoms with Gasteiger partial charge in [0.2, 0.25) is 5.91 Å². The van der Waals surface area contributed by atoms with Crippen molar-refractivity contribution in [3.8, 4) is 0 Å². The van der Waals surface area contributed by atoms with E-state index in [0.29, 0.717) is 19.0 Å². The van der Waals surface area contributed by atoms with E-state index in [-0.39, 0.29) is 18.1 Å². The summed E-state index contributed by atoms with van der Waals surface area (Å²) in [4.78, 5) is 13.9. The lowest BCUT2D eigenvalue weighted by Gasteiger charge is -2.29. The summed E-state index contributed by atoms with van der Waals surface area (Å²) in [5.41, 5.74) is 0. The van der Waals surface area contributed by atoms with Gasteiger partial charge in [-0.2, -0.15) is 0 Å². The van der Waals surface area contributed by atoms with Gasteiger partial charge in [0, 0.05) is 12.6 Å². The number of hydrogen-bond donors (Lipinski definition) is 2. The van der Waals surface area contributed by atoms with E-state index in [9.17, 15) is 9.90 Å². The number of carbonyl (C=O) groups is 1. The summed E-state index contributed by atoms with van der Waals surface area (Å²) in [6.45, 7) is 8.43. The van der Waals surface area contributed by atoms with Gasteiger partial charge in [0.15, 0.2) is 0 Å². The first kappa shape index (κ1) is 15.4. The van der Waals surface area contributed by atoms with Crippen LogP contribution in [0.5, 0.6) is 0 Å². The molecule has 1 rings (SSSR count). The van der Waals surface area contributed by atoms with E-state index in [0.717, 1.165) is 32.2 Å². The molecule has 0 aromatic carbocycles. The van der Waals surface area contributed by atoms with Gasteiger partial charge in [-0.15, -0.1) is 0 Å². The highest BCUT2D eigenvalue weighted by Gasteiger charge is 2.20. The van der Waals surface area contributed by atoms with E-state index in [2.05, 4.69) is 26.1 Å². The zero-order chi connectivity index (χ0) is 13.5. The molecule has 1 saturated heterocycles. The van der Waals surface area contributed by atoms with E-state index in [4.69, 9.17) is 0 Å². The van der Waals surface area contributed by atoms with Crippen LogP contribution >= 0.6 is 0 Å². The Hall–Kier alpha value is -0.610. The van der Waals surface area contributed by atoms with E-state index in [1.54, 1.807) is 0 Å². The third-order valence-electron chi connectivity index (χ3n) is 3.43. The van der Waals surface area contributed by atoms with Crippen LogP contribution < -0.4 is 5.32 Å². The van der Waals surface area contributed by atoms with Crippen molar-refractivity contribution in [2.75, 3.05) is 19.6 Å². The van der Waals surface area contributed by atoms with E-state index >= 15 is 0 Å². The molecule has 0 bridgehead atoms. The Bertz CT molecular complexity index is 256. The topological polar surface area (TPSA) is 52.6 Å². The molecule has 1 fully saturated rings. The molecule has 18 heavy (non-hydrogen) atoms.